The Morgan fingerprint density at radius 2 is 1.82 bits per heavy atom. The predicted molar refractivity (Wildman–Crippen MR) is 77.0 cm³/mol. The summed E-state index contributed by atoms with van der Waals surface area (Å²) >= 11 is 3.55. The van der Waals surface area contributed by atoms with Crippen molar-refractivity contribution in [1.82, 2.24) is 4.90 Å². The fourth-order valence-electron chi connectivity index (χ4n) is 2.49. The first-order valence-electron chi connectivity index (χ1n) is 6.43. The van der Waals surface area contributed by atoms with E-state index in [4.69, 9.17) is 5.73 Å². The molecule has 1 aromatic rings. The fourth-order valence-corrected chi connectivity index (χ4v) is 3.11. The van der Waals surface area contributed by atoms with Crippen LogP contribution in [0.2, 0.25) is 0 Å². The van der Waals surface area contributed by atoms with Gasteiger partial charge in [0.15, 0.2) is 0 Å². The molecule has 1 fully saturated rings. The van der Waals surface area contributed by atoms with Crippen LogP contribution in [0.1, 0.15) is 36.8 Å². The maximum absolute atomic E-state index is 6.16. The molecule has 1 heterocycles. The maximum Gasteiger partial charge on any atom is 0.0390 e. The van der Waals surface area contributed by atoms with E-state index < -0.39 is 0 Å². The van der Waals surface area contributed by atoms with E-state index in [1.54, 1.807) is 0 Å². The lowest BCUT2D eigenvalue weighted by molar-refractivity contribution is 0.277. The minimum absolute atomic E-state index is 0.956. The molecule has 0 aromatic heterocycles. The second kappa shape index (κ2) is 5.87. The third-order valence-corrected chi connectivity index (χ3v) is 3.99. The molecule has 1 aliphatic rings. The molecule has 0 radical (unpaired) electrons. The van der Waals surface area contributed by atoms with E-state index in [0.717, 1.165) is 16.7 Å². The molecule has 94 valence electrons. The van der Waals surface area contributed by atoms with Crippen LogP contribution in [-0.2, 0) is 6.54 Å². The Balaban J connectivity index is 2.11. The Bertz CT molecular complexity index is 382. The zero-order valence-electron chi connectivity index (χ0n) is 10.5. The molecule has 17 heavy (non-hydrogen) atoms. The smallest absolute Gasteiger partial charge is 0.0390 e. The van der Waals surface area contributed by atoms with Crippen molar-refractivity contribution in [2.75, 3.05) is 18.8 Å². The van der Waals surface area contributed by atoms with Gasteiger partial charge in [0.05, 0.1) is 0 Å². The molecule has 1 aromatic carbocycles. The van der Waals surface area contributed by atoms with Crippen molar-refractivity contribution in [2.45, 2.75) is 39.2 Å². The molecule has 1 aliphatic heterocycles. The minimum atomic E-state index is 0.956. The number of hydrogen-bond acceptors (Lipinski definition) is 2. The normalized spacial score (nSPS) is 18.0. The van der Waals surface area contributed by atoms with E-state index >= 15 is 0 Å². The number of benzene rings is 1. The predicted octanol–water partition coefficient (Wildman–Crippen LogP) is 3.72. The number of hydrogen-bond donors (Lipinski definition) is 1. The molecule has 2 nitrogen and oxygen atoms in total. The quantitative estimate of drug-likeness (QED) is 0.843. The summed E-state index contributed by atoms with van der Waals surface area (Å²) in [6.07, 6.45) is 5.41. The molecule has 0 saturated carbocycles. The Kier molecular flexibility index (Phi) is 4.46. The summed E-state index contributed by atoms with van der Waals surface area (Å²) < 4.78 is 1.13. The van der Waals surface area contributed by atoms with Gasteiger partial charge in [-0.15, -0.1) is 0 Å². The van der Waals surface area contributed by atoms with Crippen LogP contribution in [-0.4, -0.2) is 18.0 Å². The number of nitrogen functional groups attached to an aromatic ring is 1. The van der Waals surface area contributed by atoms with E-state index in [2.05, 4.69) is 39.9 Å². The third-order valence-electron chi connectivity index (χ3n) is 3.53. The lowest BCUT2D eigenvalue weighted by Gasteiger charge is -2.21. The number of anilines is 1. The van der Waals surface area contributed by atoms with Crippen LogP contribution in [0.25, 0.3) is 0 Å². The van der Waals surface area contributed by atoms with Crippen LogP contribution < -0.4 is 5.73 Å². The summed E-state index contributed by atoms with van der Waals surface area (Å²) in [4.78, 5) is 2.53. The molecule has 1 saturated heterocycles. The molecule has 2 N–H and O–H groups in total. The number of rotatable bonds is 2. The third kappa shape index (κ3) is 3.46. The number of likely N-dealkylation sites (tertiary alicyclic amines) is 1. The fraction of sp³-hybridized carbons (Fsp3) is 0.571. The van der Waals surface area contributed by atoms with Crippen LogP contribution in [0.4, 0.5) is 5.69 Å². The Hall–Kier alpha value is -0.540. The van der Waals surface area contributed by atoms with Crippen LogP contribution in [0.15, 0.2) is 16.6 Å². The highest BCUT2D eigenvalue weighted by molar-refractivity contribution is 9.10. The maximum atomic E-state index is 6.16. The lowest BCUT2D eigenvalue weighted by atomic mass is 10.1. The molecular weight excluding hydrogens is 276 g/mol. The van der Waals surface area contributed by atoms with Gasteiger partial charge < -0.3 is 5.73 Å². The van der Waals surface area contributed by atoms with Gasteiger partial charge in [0, 0.05) is 16.7 Å². The van der Waals surface area contributed by atoms with Gasteiger partial charge in [0.25, 0.3) is 0 Å². The first-order chi connectivity index (χ1) is 8.16. The number of nitrogens with two attached hydrogens (primary N) is 1. The standard InChI is InChI=1S/C14H21BrN2/c1-11-8-13(15)9-12(14(11)16)10-17-6-4-2-3-5-7-17/h8-9H,2-7,10,16H2,1H3. The van der Waals surface area contributed by atoms with Gasteiger partial charge in [-0.3, -0.25) is 4.90 Å². The molecular formula is C14H21BrN2. The minimum Gasteiger partial charge on any atom is -0.398 e. The van der Waals surface area contributed by atoms with E-state index in [1.807, 2.05) is 0 Å². The summed E-state index contributed by atoms with van der Waals surface area (Å²) in [5.41, 5.74) is 9.55. The zero-order chi connectivity index (χ0) is 12.3. The number of aryl methyl sites for hydroxylation is 1. The Labute approximate surface area is 112 Å². The SMILES string of the molecule is Cc1cc(Br)cc(CN2CCCCCC2)c1N. The number of nitrogens with zero attached hydrogens (tertiary/aromatic N) is 1. The van der Waals surface area contributed by atoms with Crippen molar-refractivity contribution in [3.05, 3.63) is 27.7 Å². The van der Waals surface area contributed by atoms with E-state index in [9.17, 15) is 0 Å². The van der Waals surface area contributed by atoms with Crippen LogP contribution in [0.5, 0.6) is 0 Å². The Morgan fingerprint density at radius 3 is 2.47 bits per heavy atom. The average molecular weight is 297 g/mol. The molecule has 0 atom stereocenters. The first kappa shape index (κ1) is 12.9. The van der Waals surface area contributed by atoms with Crippen molar-refractivity contribution in [3.8, 4) is 0 Å². The van der Waals surface area contributed by atoms with Gasteiger partial charge in [0.1, 0.15) is 0 Å². The van der Waals surface area contributed by atoms with Crippen LogP contribution >= 0.6 is 15.9 Å². The van der Waals surface area contributed by atoms with E-state index in [0.29, 0.717) is 0 Å². The summed E-state index contributed by atoms with van der Waals surface area (Å²) in [5.74, 6) is 0. The van der Waals surface area contributed by atoms with E-state index in [1.165, 1.54) is 49.9 Å². The van der Waals surface area contributed by atoms with Gasteiger partial charge in [-0.1, -0.05) is 28.8 Å². The average Bonchev–Trinajstić information content (AvgIpc) is 2.54. The van der Waals surface area contributed by atoms with Gasteiger partial charge in [-0.25, -0.2) is 0 Å². The highest BCUT2D eigenvalue weighted by Gasteiger charge is 2.12. The molecule has 0 aliphatic carbocycles. The molecule has 2 rings (SSSR count). The summed E-state index contributed by atoms with van der Waals surface area (Å²) in [7, 11) is 0. The van der Waals surface area contributed by atoms with Crippen LogP contribution in [0, 0.1) is 6.92 Å². The van der Waals surface area contributed by atoms with Gasteiger partial charge in [0.2, 0.25) is 0 Å². The first-order valence-corrected chi connectivity index (χ1v) is 7.23. The number of halogens is 1. The largest absolute Gasteiger partial charge is 0.398 e. The molecule has 3 heteroatoms. The zero-order valence-corrected chi connectivity index (χ0v) is 12.1. The highest BCUT2D eigenvalue weighted by Crippen LogP contribution is 2.25. The Morgan fingerprint density at radius 1 is 1.18 bits per heavy atom. The van der Waals surface area contributed by atoms with Crippen molar-refractivity contribution < 1.29 is 0 Å². The molecule has 0 amide bonds. The van der Waals surface area contributed by atoms with Crippen LogP contribution in [0.3, 0.4) is 0 Å². The second-order valence-corrected chi connectivity index (χ2v) is 5.90. The summed E-state index contributed by atoms with van der Waals surface area (Å²) in [5, 5.41) is 0. The summed E-state index contributed by atoms with van der Waals surface area (Å²) in [6, 6.07) is 4.24. The topological polar surface area (TPSA) is 29.3 Å². The molecule has 0 unspecified atom stereocenters. The second-order valence-electron chi connectivity index (χ2n) is 4.99. The van der Waals surface area contributed by atoms with Crippen molar-refractivity contribution in [3.63, 3.8) is 0 Å². The van der Waals surface area contributed by atoms with Crippen molar-refractivity contribution in [2.24, 2.45) is 0 Å². The van der Waals surface area contributed by atoms with Gasteiger partial charge in [-0.05, 0) is 56.1 Å². The van der Waals surface area contributed by atoms with E-state index in [-0.39, 0.29) is 0 Å². The highest BCUT2D eigenvalue weighted by atomic mass is 79.9. The summed E-state index contributed by atoms with van der Waals surface area (Å²) in [6.45, 7) is 5.49. The molecule has 0 bridgehead atoms. The van der Waals surface area contributed by atoms with Gasteiger partial charge >= 0.3 is 0 Å². The van der Waals surface area contributed by atoms with Gasteiger partial charge in [-0.2, -0.15) is 0 Å². The molecule has 0 spiro atoms. The monoisotopic (exact) mass is 296 g/mol. The lowest BCUT2D eigenvalue weighted by Crippen LogP contribution is -2.24. The van der Waals surface area contributed by atoms with Crippen molar-refractivity contribution in [1.29, 1.82) is 0 Å². The van der Waals surface area contributed by atoms with Crippen molar-refractivity contribution >= 4 is 21.6 Å².